The van der Waals surface area contributed by atoms with E-state index < -0.39 is 26.5 Å². The first-order chi connectivity index (χ1) is 11.8. The fourth-order valence-electron chi connectivity index (χ4n) is 2.04. The van der Waals surface area contributed by atoms with Gasteiger partial charge in [0.15, 0.2) is 0 Å². The minimum absolute atomic E-state index is 0.0830. The van der Waals surface area contributed by atoms with Crippen molar-refractivity contribution < 1.29 is 22.5 Å². The van der Waals surface area contributed by atoms with Crippen LogP contribution in [0.5, 0.6) is 5.75 Å². The lowest BCUT2D eigenvalue weighted by Crippen LogP contribution is -2.21. The summed E-state index contributed by atoms with van der Waals surface area (Å²) in [5, 5.41) is 10.7. The van der Waals surface area contributed by atoms with Crippen molar-refractivity contribution in [2.45, 2.75) is 13.3 Å². The van der Waals surface area contributed by atoms with Gasteiger partial charge in [0.1, 0.15) is 18.1 Å². The Kier molecular flexibility index (Phi) is 5.92. The van der Waals surface area contributed by atoms with Gasteiger partial charge in [-0.3, -0.25) is 14.8 Å². The third-order valence-corrected chi connectivity index (χ3v) is 4.62. The van der Waals surface area contributed by atoms with Gasteiger partial charge < -0.3 is 4.74 Å². The molecule has 7 nitrogen and oxygen atoms in total. The standard InChI is InChI=1S/C16H17FN2O5S/c1-2-12-3-6-14(7-4-12)24-9-10-25(22,23)18-13-5-8-15(17)16(11-13)19(20)21/h3-8,11,18H,2,9-10H2,1H3. The Morgan fingerprint density at radius 3 is 2.48 bits per heavy atom. The van der Waals surface area contributed by atoms with Crippen molar-refractivity contribution in [3.05, 3.63) is 64.0 Å². The van der Waals surface area contributed by atoms with E-state index in [-0.39, 0.29) is 18.0 Å². The summed E-state index contributed by atoms with van der Waals surface area (Å²) in [6.07, 6.45) is 0.891. The molecule has 0 atom stereocenters. The van der Waals surface area contributed by atoms with Gasteiger partial charge in [0.25, 0.3) is 0 Å². The molecule has 0 bridgehead atoms. The second-order valence-corrected chi connectivity index (χ2v) is 7.03. The number of halogens is 1. The fraction of sp³-hybridized carbons (Fsp3) is 0.250. The van der Waals surface area contributed by atoms with Crippen molar-refractivity contribution in [2.75, 3.05) is 17.1 Å². The van der Waals surface area contributed by atoms with Crippen LogP contribution < -0.4 is 9.46 Å². The Labute approximate surface area is 144 Å². The van der Waals surface area contributed by atoms with Crippen molar-refractivity contribution in [3.63, 3.8) is 0 Å². The van der Waals surface area contributed by atoms with Crippen LogP contribution in [0.3, 0.4) is 0 Å². The normalized spacial score (nSPS) is 11.1. The summed E-state index contributed by atoms with van der Waals surface area (Å²) in [6.45, 7) is 1.93. The van der Waals surface area contributed by atoms with Crippen LogP contribution in [-0.2, 0) is 16.4 Å². The van der Waals surface area contributed by atoms with Crippen molar-refractivity contribution in [3.8, 4) is 5.75 Å². The lowest BCUT2D eigenvalue weighted by atomic mass is 10.2. The van der Waals surface area contributed by atoms with Crippen LogP contribution in [0.25, 0.3) is 0 Å². The van der Waals surface area contributed by atoms with Crippen molar-refractivity contribution in [2.24, 2.45) is 0 Å². The van der Waals surface area contributed by atoms with Crippen molar-refractivity contribution in [1.29, 1.82) is 0 Å². The third-order valence-electron chi connectivity index (χ3n) is 3.37. The Bertz CT molecular complexity index is 853. The van der Waals surface area contributed by atoms with Crippen molar-refractivity contribution in [1.82, 2.24) is 0 Å². The first-order valence-electron chi connectivity index (χ1n) is 7.47. The smallest absolute Gasteiger partial charge is 0.306 e. The lowest BCUT2D eigenvalue weighted by Gasteiger charge is -2.10. The van der Waals surface area contributed by atoms with E-state index in [4.69, 9.17) is 4.74 Å². The number of benzene rings is 2. The zero-order valence-electron chi connectivity index (χ0n) is 13.4. The highest BCUT2D eigenvalue weighted by Crippen LogP contribution is 2.22. The molecule has 0 heterocycles. The van der Waals surface area contributed by atoms with E-state index in [1.807, 2.05) is 19.1 Å². The van der Waals surface area contributed by atoms with Crippen LogP contribution >= 0.6 is 0 Å². The van der Waals surface area contributed by atoms with Crippen molar-refractivity contribution >= 4 is 21.4 Å². The zero-order chi connectivity index (χ0) is 18.4. The van der Waals surface area contributed by atoms with Crippen LogP contribution in [0.1, 0.15) is 12.5 Å². The molecule has 0 aliphatic rings. The summed E-state index contributed by atoms with van der Waals surface area (Å²) in [4.78, 5) is 9.76. The summed E-state index contributed by atoms with van der Waals surface area (Å²) < 4.78 is 44.8. The molecule has 0 aromatic heterocycles. The number of rotatable bonds is 8. The maximum Gasteiger partial charge on any atom is 0.306 e. The van der Waals surface area contributed by atoms with Gasteiger partial charge in [-0.25, -0.2) is 8.42 Å². The predicted molar refractivity (Wildman–Crippen MR) is 91.8 cm³/mol. The second-order valence-electron chi connectivity index (χ2n) is 5.19. The lowest BCUT2D eigenvalue weighted by molar-refractivity contribution is -0.387. The number of ether oxygens (including phenoxy) is 1. The molecular formula is C16H17FN2O5S. The molecule has 2 aromatic rings. The highest BCUT2D eigenvalue weighted by molar-refractivity contribution is 7.92. The summed E-state index contributed by atoms with van der Waals surface area (Å²) in [5.41, 5.74) is 0.257. The van der Waals surface area contributed by atoms with Gasteiger partial charge in [0.05, 0.1) is 10.6 Å². The summed E-state index contributed by atoms with van der Waals surface area (Å²) in [6, 6.07) is 10.1. The largest absolute Gasteiger partial charge is 0.492 e. The van der Waals surface area contributed by atoms with Gasteiger partial charge in [-0.1, -0.05) is 19.1 Å². The van der Waals surface area contributed by atoms with E-state index in [9.17, 15) is 22.9 Å². The zero-order valence-corrected chi connectivity index (χ0v) is 14.3. The quantitative estimate of drug-likeness (QED) is 0.570. The fourth-order valence-corrected chi connectivity index (χ4v) is 2.93. The van der Waals surface area contributed by atoms with Gasteiger partial charge in [0, 0.05) is 6.07 Å². The van der Waals surface area contributed by atoms with Gasteiger partial charge in [-0.15, -0.1) is 0 Å². The van der Waals surface area contributed by atoms with E-state index in [0.717, 1.165) is 30.2 Å². The molecule has 0 spiro atoms. The number of nitro groups is 1. The molecule has 2 aromatic carbocycles. The average molecular weight is 368 g/mol. The molecule has 134 valence electrons. The number of nitrogens with zero attached hydrogens (tertiary/aromatic N) is 1. The summed E-state index contributed by atoms with van der Waals surface area (Å²) in [5.74, 6) is -0.843. The van der Waals surface area contributed by atoms with Gasteiger partial charge in [0.2, 0.25) is 15.8 Å². The summed E-state index contributed by atoms with van der Waals surface area (Å²) in [7, 11) is -3.79. The number of anilines is 1. The van der Waals surface area contributed by atoms with E-state index in [2.05, 4.69) is 4.72 Å². The Balaban J connectivity index is 1.95. The molecule has 0 radical (unpaired) electrons. The number of aryl methyl sites for hydroxylation is 1. The van der Waals surface area contributed by atoms with Crippen LogP contribution in [-0.4, -0.2) is 25.7 Å². The number of nitrogens with one attached hydrogen (secondary N) is 1. The van der Waals surface area contributed by atoms with E-state index in [0.29, 0.717) is 5.75 Å². The van der Waals surface area contributed by atoms with Gasteiger partial charge in [-0.05, 0) is 36.2 Å². The van der Waals surface area contributed by atoms with Crippen LogP contribution in [0, 0.1) is 15.9 Å². The molecule has 9 heteroatoms. The first-order valence-corrected chi connectivity index (χ1v) is 9.12. The molecule has 0 fully saturated rings. The Hall–Kier alpha value is -2.68. The van der Waals surface area contributed by atoms with Crippen LogP contribution in [0.2, 0.25) is 0 Å². The highest BCUT2D eigenvalue weighted by Gasteiger charge is 2.17. The molecule has 0 unspecified atom stereocenters. The van der Waals surface area contributed by atoms with Gasteiger partial charge >= 0.3 is 5.69 Å². The molecule has 0 aliphatic heterocycles. The minimum Gasteiger partial charge on any atom is -0.492 e. The van der Waals surface area contributed by atoms with Crippen LogP contribution in [0.15, 0.2) is 42.5 Å². The minimum atomic E-state index is -3.79. The Morgan fingerprint density at radius 1 is 1.20 bits per heavy atom. The molecule has 1 N–H and O–H groups in total. The van der Waals surface area contributed by atoms with E-state index in [1.165, 1.54) is 0 Å². The first kappa shape index (κ1) is 18.7. The molecule has 0 saturated carbocycles. The number of nitro benzene ring substituents is 1. The number of sulfonamides is 1. The average Bonchev–Trinajstić information content (AvgIpc) is 2.56. The molecule has 0 saturated heterocycles. The molecule has 0 amide bonds. The maximum absolute atomic E-state index is 13.3. The molecule has 25 heavy (non-hydrogen) atoms. The Morgan fingerprint density at radius 2 is 1.88 bits per heavy atom. The maximum atomic E-state index is 13.3. The SMILES string of the molecule is CCc1ccc(OCCS(=O)(=O)Nc2ccc(F)c([N+](=O)[O-])c2)cc1. The van der Waals surface area contributed by atoms with E-state index in [1.54, 1.807) is 12.1 Å². The molecule has 2 rings (SSSR count). The predicted octanol–water partition coefficient (Wildman–Crippen LogP) is 3.12. The monoisotopic (exact) mass is 368 g/mol. The summed E-state index contributed by atoms with van der Waals surface area (Å²) >= 11 is 0. The highest BCUT2D eigenvalue weighted by atomic mass is 32.2. The second kappa shape index (κ2) is 7.93. The van der Waals surface area contributed by atoms with E-state index >= 15 is 0 Å². The third kappa shape index (κ3) is 5.42. The molecular weight excluding hydrogens is 351 g/mol. The van der Waals surface area contributed by atoms with Crippen LogP contribution in [0.4, 0.5) is 15.8 Å². The van der Waals surface area contributed by atoms with Gasteiger partial charge in [-0.2, -0.15) is 4.39 Å². The topological polar surface area (TPSA) is 98.5 Å². The molecule has 0 aliphatic carbocycles. The number of hydrogen-bond acceptors (Lipinski definition) is 5. The number of hydrogen-bond donors (Lipinski definition) is 1.